The molecule has 2 aromatic heterocycles. The van der Waals surface area contributed by atoms with E-state index in [4.69, 9.17) is 4.98 Å². The van der Waals surface area contributed by atoms with E-state index in [0.717, 1.165) is 40.4 Å². The van der Waals surface area contributed by atoms with Crippen LogP contribution in [0.3, 0.4) is 0 Å². The number of para-hydroxylation sites is 1. The van der Waals surface area contributed by atoms with Gasteiger partial charge in [-0.25, -0.2) is 9.38 Å². The molecule has 0 spiro atoms. The van der Waals surface area contributed by atoms with Crippen molar-refractivity contribution in [1.82, 2.24) is 19.6 Å². The fourth-order valence-corrected chi connectivity index (χ4v) is 3.64. The summed E-state index contributed by atoms with van der Waals surface area (Å²) in [5, 5.41) is 10.1. The molecule has 142 valence electrons. The van der Waals surface area contributed by atoms with E-state index in [9.17, 15) is 0 Å². The van der Waals surface area contributed by atoms with Crippen LogP contribution in [0.25, 0.3) is 27.9 Å². The van der Waals surface area contributed by atoms with Crippen molar-refractivity contribution < 1.29 is 0 Å². The molecule has 0 saturated carbocycles. The highest BCUT2D eigenvalue weighted by Crippen LogP contribution is 2.28. The summed E-state index contributed by atoms with van der Waals surface area (Å²) in [5.74, 6) is 1.62. The predicted octanol–water partition coefficient (Wildman–Crippen LogP) is 4.89. The molecule has 3 aromatic carbocycles. The maximum atomic E-state index is 4.98. The third-order valence-electron chi connectivity index (χ3n) is 5.14. The number of aromatic nitrogens is 4. The SMILES string of the molecule is Cc1ccc(-c2nnc3c4ccccc4nc(N(C)Cc4ccccc4)n23)cc1. The van der Waals surface area contributed by atoms with Gasteiger partial charge in [0.2, 0.25) is 5.95 Å². The quantitative estimate of drug-likeness (QED) is 0.446. The van der Waals surface area contributed by atoms with Crippen molar-refractivity contribution in [3.63, 3.8) is 0 Å². The minimum Gasteiger partial charge on any atom is -0.341 e. The lowest BCUT2D eigenvalue weighted by molar-refractivity contribution is 0.857. The number of nitrogens with zero attached hydrogens (tertiary/aromatic N) is 5. The summed E-state index contributed by atoms with van der Waals surface area (Å²) >= 11 is 0. The van der Waals surface area contributed by atoms with Crippen LogP contribution in [0.5, 0.6) is 0 Å². The van der Waals surface area contributed by atoms with E-state index in [-0.39, 0.29) is 0 Å². The van der Waals surface area contributed by atoms with Gasteiger partial charge in [0.15, 0.2) is 11.5 Å². The monoisotopic (exact) mass is 379 g/mol. The van der Waals surface area contributed by atoms with Gasteiger partial charge >= 0.3 is 0 Å². The van der Waals surface area contributed by atoms with Crippen molar-refractivity contribution in [2.75, 3.05) is 11.9 Å². The Labute approximate surface area is 169 Å². The van der Waals surface area contributed by atoms with Crippen molar-refractivity contribution in [3.05, 3.63) is 90.0 Å². The average molecular weight is 379 g/mol. The zero-order valence-corrected chi connectivity index (χ0v) is 16.4. The van der Waals surface area contributed by atoms with Crippen molar-refractivity contribution in [2.45, 2.75) is 13.5 Å². The Morgan fingerprint density at radius 1 is 0.828 bits per heavy atom. The lowest BCUT2D eigenvalue weighted by Crippen LogP contribution is -2.21. The molecule has 0 amide bonds. The number of benzene rings is 3. The maximum Gasteiger partial charge on any atom is 0.213 e. The van der Waals surface area contributed by atoms with Crippen LogP contribution in [-0.2, 0) is 6.54 Å². The number of aryl methyl sites for hydroxylation is 1. The van der Waals surface area contributed by atoms with Gasteiger partial charge in [0.25, 0.3) is 0 Å². The third kappa shape index (κ3) is 3.10. The molecule has 0 atom stereocenters. The highest BCUT2D eigenvalue weighted by atomic mass is 15.3. The topological polar surface area (TPSA) is 46.3 Å². The van der Waals surface area contributed by atoms with Gasteiger partial charge in [-0.2, -0.15) is 0 Å². The Bertz CT molecular complexity index is 1290. The predicted molar refractivity (Wildman–Crippen MR) is 117 cm³/mol. The van der Waals surface area contributed by atoms with E-state index in [2.05, 4.69) is 82.0 Å². The molecule has 29 heavy (non-hydrogen) atoms. The summed E-state index contributed by atoms with van der Waals surface area (Å²) in [7, 11) is 2.06. The van der Waals surface area contributed by atoms with E-state index < -0.39 is 0 Å². The number of fused-ring (bicyclic) bond motifs is 3. The maximum absolute atomic E-state index is 4.98. The molecule has 0 aliphatic heterocycles. The van der Waals surface area contributed by atoms with E-state index in [1.54, 1.807) is 0 Å². The first kappa shape index (κ1) is 17.4. The minimum atomic E-state index is 0.743. The van der Waals surface area contributed by atoms with E-state index >= 15 is 0 Å². The Balaban J connectivity index is 1.73. The second-order valence-electron chi connectivity index (χ2n) is 7.32. The fourth-order valence-electron chi connectivity index (χ4n) is 3.64. The lowest BCUT2D eigenvalue weighted by Gasteiger charge is -2.21. The lowest BCUT2D eigenvalue weighted by atomic mass is 10.1. The summed E-state index contributed by atoms with van der Waals surface area (Å²) < 4.78 is 2.07. The van der Waals surface area contributed by atoms with Crippen LogP contribution in [0, 0.1) is 6.92 Å². The highest BCUT2D eigenvalue weighted by molar-refractivity contribution is 5.93. The molecular formula is C24H21N5. The van der Waals surface area contributed by atoms with Gasteiger partial charge in [-0.3, -0.25) is 0 Å². The smallest absolute Gasteiger partial charge is 0.213 e. The Morgan fingerprint density at radius 2 is 1.55 bits per heavy atom. The molecule has 0 unspecified atom stereocenters. The van der Waals surface area contributed by atoms with Gasteiger partial charge in [0.1, 0.15) is 0 Å². The molecule has 5 heteroatoms. The first-order chi connectivity index (χ1) is 14.2. The van der Waals surface area contributed by atoms with Crippen molar-refractivity contribution in [1.29, 1.82) is 0 Å². The second kappa shape index (κ2) is 7.02. The summed E-state index contributed by atoms with van der Waals surface area (Å²) in [6.07, 6.45) is 0. The Morgan fingerprint density at radius 3 is 2.34 bits per heavy atom. The molecule has 0 aliphatic carbocycles. The second-order valence-corrected chi connectivity index (χ2v) is 7.32. The minimum absolute atomic E-state index is 0.743. The van der Waals surface area contributed by atoms with Gasteiger partial charge in [0.05, 0.1) is 5.52 Å². The van der Waals surface area contributed by atoms with Crippen molar-refractivity contribution >= 4 is 22.5 Å². The molecular weight excluding hydrogens is 358 g/mol. The van der Waals surface area contributed by atoms with Crippen LogP contribution in [0.4, 0.5) is 5.95 Å². The number of rotatable bonds is 4. The molecule has 0 aliphatic rings. The average Bonchev–Trinajstić information content (AvgIpc) is 3.20. The Hall–Kier alpha value is -3.73. The number of anilines is 1. The number of hydrogen-bond acceptors (Lipinski definition) is 4. The van der Waals surface area contributed by atoms with Crippen LogP contribution >= 0.6 is 0 Å². The molecule has 0 fully saturated rings. The van der Waals surface area contributed by atoms with Crippen LogP contribution in [0.1, 0.15) is 11.1 Å². The molecule has 0 radical (unpaired) electrons. The van der Waals surface area contributed by atoms with Gasteiger partial charge in [-0.15, -0.1) is 10.2 Å². The summed E-state index contributed by atoms with van der Waals surface area (Å²) in [5.41, 5.74) is 5.20. The number of hydrogen-bond donors (Lipinski definition) is 0. The van der Waals surface area contributed by atoms with Crippen LogP contribution in [-0.4, -0.2) is 26.6 Å². The van der Waals surface area contributed by atoms with E-state index in [1.165, 1.54) is 11.1 Å². The van der Waals surface area contributed by atoms with Gasteiger partial charge < -0.3 is 4.90 Å². The van der Waals surface area contributed by atoms with Gasteiger partial charge in [-0.1, -0.05) is 72.3 Å². The zero-order valence-electron chi connectivity index (χ0n) is 16.4. The molecule has 2 heterocycles. The van der Waals surface area contributed by atoms with E-state index in [0.29, 0.717) is 0 Å². The summed E-state index contributed by atoms with van der Waals surface area (Å²) in [6.45, 7) is 2.83. The van der Waals surface area contributed by atoms with Gasteiger partial charge in [-0.05, 0) is 24.6 Å². The Kier molecular flexibility index (Phi) is 4.21. The highest BCUT2D eigenvalue weighted by Gasteiger charge is 2.18. The normalized spacial score (nSPS) is 11.2. The van der Waals surface area contributed by atoms with Gasteiger partial charge in [0, 0.05) is 24.5 Å². The van der Waals surface area contributed by atoms with Crippen LogP contribution in [0.15, 0.2) is 78.9 Å². The van der Waals surface area contributed by atoms with Crippen molar-refractivity contribution in [2.24, 2.45) is 0 Å². The molecule has 0 bridgehead atoms. The van der Waals surface area contributed by atoms with Crippen LogP contribution in [0.2, 0.25) is 0 Å². The van der Waals surface area contributed by atoms with E-state index in [1.807, 2.05) is 30.3 Å². The third-order valence-corrected chi connectivity index (χ3v) is 5.14. The summed E-state index contributed by atoms with van der Waals surface area (Å²) in [4.78, 5) is 7.13. The molecule has 5 rings (SSSR count). The van der Waals surface area contributed by atoms with Crippen LogP contribution < -0.4 is 4.90 Å². The fraction of sp³-hybridized carbons (Fsp3) is 0.125. The molecule has 5 nitrogen and oxygen atoms in total. The summed E-state index contributed by atoms with van der Waals surface area (Å²) in [6, 6.07) is 26.9. The zero-order chi connectivity index (χ0) is 19.8. The molecule has 5 aromatic rings. The molecule has 0 N–H and O–H groups in total. The molecule has 0 saturated heterocycles. The first-order valence-electron chi connectivity index (χ1n) is 9.67. The standard InChI is InChI=1S/C24H21N5/c1-17-12-14-19(15-13-17)22-26-27-23-20-10-6-7-11-21(20)25-24(29(22)23)28(2)16-18-8-4-3-5-9-18/h3-15H,16H2,1-2H3. The largest absolute Gasteiger partial charge is 0.341 e. The first-order valence-corrected chi connectivity index (χ1v) is 9.67. The van der Waals surface area contributed by atoms with Crippen molar-refractivity contribution in [3.8, 4) is 11.4 Å².